The number of hydrogen-bond acceptors (Lipinski definition) is 4. The highest BCUT2D eigenvalue weighted by molar-refractivity contribution is 5.87. The SMILES string of the molecule is CC(C)(C)c1ccc(O)c(CN[C@H]2[C@H](C(C)(C)C)[C@@H](C(=O)O)N(C(=O)C3CCCCC3)[C@H]2c2ccccc2)c1. The first-order valence-electron chi connectivity index (χ1n) is 14.5. The van der Waals surface area contributed by atoms with Crippen LogP contribution >= 0.6 is 0 Å². The molecule has 212 valence electrons. The molecule has 6 nitrogen and oxygen atoms in total. The van der Waals surface area contributed by atoms with Gasteiger partial charge < -0.3 is 20.4 Å². The maximum atomic E-state index is 14.2. The van der Waals surface area contributed by atoms with Gasteiger partial charge in [0.25, 0.3) is 0 Å². The molecular weight excluding hydrogens is 488 g/mol. The molecular formula is C33H46N2O4. The molecule has 0 radical (unpaired) electrons. The Morgan fingerprint density at radius 3 is 2.15 bits per heavy atom. The third kappa shape index (κ3) is 6.16. The van der Waals surface area contributed by atoms with E-state index in [1.54, 1.807) is 11.0 Å². The summed E-state index contributed by atoms with van der Waals surface area (Å²) in [5.74, 6) is -1.27. The summed E-state index contributed by atoms with van der Waals surface area (Å²) in [4.78, 5) is 28.9. The molecule has 1 saturated heterocycles. The molecule has 1 saturated carbocycles. The molecule has 3 N–H and O–H groups in total. The van der Waals surface area contributed by atoms with Crippen molar-refractivity contribution in [3.63, 3.8) is 0 Å². The van der Waals surface area contributed by atoms with Crippen LogP contribution in [0.2, 0.25) is 0 Å². The van der Waals surface area contributed by atoms with Crippen molar-refractivity contribution in [1.82, 2.24) is 10.2 Å². The van der Waals surface area contributed by atoms with Crippen LogP contribution in [0.25, 0.3) is 0 Å². The van der Waals surface area contributed by atoms with Gasteiger partial charge in [-0.25, -0.2) is 4.79 Å². The summed E-state index contributed by atoms with van der Waals surface area (Å²) in [5.41, 5.74) is 2.35. The van der Waals surface area contributed by atoms with E-state index in [0.717, 1.165) is 48.8 Å². The third-order valence-electron chi connectivity index (χ3n) is 8.74. The fourth-order valence-electron chi connectivity index (χ4n) is 6.71. The van der Waals surface area contributed by atoms with E-state index in [1.807, 2.05) is 42.5 Å². The summed E-state index contributed by atoms with van der Waals surface area (Å²) in [6.07, 6.45) is 4.77. The van der Waals surface area contributed by atoms with E-state index in [0.29, 0.717) is 6.54 Å². The van der Waals surface area contributed by atoms with Gasteiger partial charge in [0.2, 0.25) is 5.91 Å². The molecule has 0 spiro atoms. The van der Waals surface area contributed by atoms with E-state index in [-0.39, 0.29) is 34.9 Å². The lowest BCUT2D eigenvalue weighted by atomic mass is 9.72. The Morgan fingerprint density at radius 1 is 0.949 bits per heavy atom. The third-order valence-corrected chi connectivity index (χ3v) is 8.74. The fraction of sp³-hybridized carbons (Fsp3) is 0.576. The molecule has 6 heteroatoms. The van der Waals surface area contributed by atoms with Crippen LogP contribution < -0.4 is 5.32 Å². The molecule has 1 aliphatic carbocycles. The predicted molar refractivity (Wildman–Crippen MR) is 154 cm³/mol. The van der Waals surface area contributed by atoms with Crippen molar-refractivity contribution in [3.05, 3.63) is 65.2 Å². The minimum Gasteiger partial charge on any atom is -0.508 e. The van der Waals surface area contributed by atoms with Crippen molar-refractivity contribution in [2.45, 2.75) is 104 Å². The first kappa shape index (κ1) is 29.1. The van der Waals surface area contributed by atoms with E-state index in [4.69, 9.17) is 0 Å². The Hall–Kier alpha value is -2.86. The second kappa shape index (κ2) is 11.3. The Bertz CT molecular complexity index is 1160. The quantitative estimate of drug-likeness (QED) is 0.398. The number of aliphatic carboxylic acids is 1. The van der Waals surface area contributed by atoms with Crippen LogP contribution in [0.3, 0.4) is 0 Å². The number of phenols is 1. The average molecular weight is 535 g/mol. The summed E-state index contributed by atoms with van der Waals surface area (Å²) in [7, 11) is 0. The lowest BCUT2D eigenvalue weighted by Gasteiger charge is -2.36. The summed E-state index contributed by atoms with van der Waals surface area (Å²) in [6, 6.07) is 13.9. The van der Waals surface area contributed by atoms with Crippen LogP contribution in [0.4, 0.5) is 0 Å². The minimum atomic E-state index is -0.957. The monoisotopic (exact) mass is 534 g/mol. The Balaban J connectivity index is 1.80. The van der Waals surface area contributed by atoms with Gasteiger partial charge in [-0.05, 0) is 40.9 Å². The van der Waals surface area contributed by atoms with Crippen LogP contribution in [0, 0.1) is 17.3 Å². The average Bonchev–Trinajstić information content (AvgIpc) is 3.24. The van der Waals surface area contributed by atoms with Gasteiger partial charge in [0.15, 0.2) is 0 Å². The molecule has 2 aromatic carbocycles. The summed E-state index contributed by atoms with van der Waals surface area (Å²) in [6.45, 7) is 13.0. The minimum absolute atomic E-state index is 0.0351. The van der Waals surface area contributed by atoms with Crippen molar-refractivity contribution in [2.24, 2.45) is 17.3 Å². The second-order valence-corrected chi connectivity index (χ2v) is 13.6. The summed E-state index contributed by atoms with van der Waals surface area (Å²) >= 11 is 0. The molecule has 39 heavy (non-hydrogen) atoms. The Labute approximate surface area is 233 Å². The predicted octanol–water partition coefficient (Wildman–Crippen LogP) is 6.43. The number of nitrogens with one attached hydrogen (secondary N) is 1. The van der Waals surface area contributed by atoms with Crippen molar-refractivity contribution in [3.8, 4) is 5.75 Å². The van der Waals surface area contributed by atoms with E-state index in [1.165, 1.54) is 0 Å². The van der Waals surface area contributed by atoms with Crippen LogP contribution in [-0.4, -0.2) is 39.1 Å². The maximum absolute atomic E-state index is 14.2. The van der Waals surface area contributed by atoms with E-state index < -0.39 is 23.5 Å². The van der Waals surface area contributed by atoms with Crippen molar-refractivity contribution in [1.29, 1.82) is 0 Å². The van der Waals surface area contributed by atoms with Gasteiger partial charge in [-0.15, -0.1) is 0 Å². The van der Waals surface area contributed by atoms with E-state index in [9.17, 15) is 19.8 Å². The van der Waals surface area contributed by atoms with Gasteiger partial charge in [0.1, 0.15) is 11.8 Å². The molecule has 2 aromatic rings. The number of carboxylic acid groups (broad SMARTS) is 1. The van der Waals surface area contributed by atoms with Crippen LogP contribution in [0.5, 0.6) is 5.75 Å². The van der Waals surface area contributed by atoms with Crippen LogP contribution in [-0.2, 0) is 21.5 Å². The van der Waals surface area contributed by atoms with Gasteiger partial charge in [0.05, 0.1) is 6.04 Å². The molecule has 0 bridgehead atoms. The smallest absolute Gasteiger partial charge is 0.326 e. The standard InChI is InChI=1S/C33H46N2O4/c1-32(2,3)24-17-18-25(36)23(19-24)20-34-27-26(33(4,5)6)29(31(38)39)35(28(27)21-13-9-7-10-14-21)30(37)22-15-11-8-12-16-22/h7,9-10,13-14,17-19,22,26-29,34,36H,8,11-12,15-16,20H2,1-6H3,(H,38,39)/t26-,27-,28-,29-/m0/s1. The number of aromatic hydroxyl groups is 1. The molecule has 4 atom stereocenters. The molecule has 1 aliphatic heterocycles. The number of phenolic OH excluding ortho intramolecular Hbond substituents is 1. The summed E-state index contributed by atoms with van der Waals surface area (Å²) in [5, 5.41) is 25.1. The van der Waals surface area contributed by atoms with Crippen molar-refractivity contribution < 1.29 is 19.8 Å². The molecule has 0 unspecified atom stereocenters. The Morgan fingerprint density at radius 2 is 1.59 bits per heavy atom. The molecule has 1 amide bonds. The lowest BCUT2D eigenvalue weighted by Crippen LogP contribution is -2.49. The fourth-order valence-corrected chi connectivity index (χ4v) is 6.71. The van der Waals surface area contributed by atoms with Crippen LogP contribution in [0.1, 0.15) is 96.4 Å². The highest BCUT2D eigenvalue weighted by Crippen LogP contribution is 2.49. The van der Waals surface area contributed by atoms with Gasteiger partial charge >= 0.3 is 5.97 Å². The van der Waals surface area contributed by atoms with Crippen molar-refractivity contribution >= 4 is 11.9 Å². The first-order valence-corrected chi connectivity index (χ1v) is 14.5. The lowest BCUT2D eigenvalue weighted by molar-refractivity contribution is -0.154. The summed E-state index contributed by atoms with van der Waals surface area (Å²) < 4.78 is 0. The second-order valence-electron chi connectivity index (χ2n) is 13.6. The topological polar surface area (TPSA) is 89.9 Å². The first-order chi connectivity index (χ1) is 18.3. The van der Waals surface area contributed by atoms with Gasteiger partial charge in [-0.1, -0.05) is 103 Å². The molecule has 1 heterocycles. The van der Waals surface area contributed by atoms with Crippen LogP contribution in [0.15, 0.2) is 48.5 Å². The molecule has 2 fully saturated rings. The number of carbonyl (C=O) groups is 2. The van der Waals surface area contributed by atoms with E-state index in [2.05, 4.69) is 46.9 Å². The maximum Gasteiger partial charge on any atom is 0.326 e. The number of amides is 1. The number of carbonyl (C=O) groups excluding carboxylic acids is 1. The number of hydrogen-bond donors (Lipinski definition) is 3. The molecule has 2 aliphatic rings. The van der Waals surface area contributed by atoms with Crippen molar-refractivity contribution in [2.75, 3.05) is 0 Å². The highest BCUT2D eigenvalue weighted by Gasteiger charge is 2.58. The largest absolute Gasteiger partial charge is 0.508 e. The number of nitrogens with zero attached hydrogens (tertiary/aromatic N) is 1. The molecule has 4 rings (SSSR count). The normalized spacial score (nSPS) is 24.6. The van der Waals surface area contributed by atoms with Gasteiger partial charge in [-0.2, -0.15) is 0 Å². The van der Waals surface area contributed by atoms with Gasteiger partial charge in [-0.3, -0.25) is 4.79 Å². The highest BCUT2D eigenvalue weighted by atomic mass is 16.4. The molecule has 0 aromatic heterocycles. The number of rotatable bonds is 6. The zero-order valence-electron chi connectivity index (χ0n) is 24.4. The van der Waals surface area contributed by atoms with E-state index >= 15 is 0 Å². The van der Waals surface area contributed by atoms with Gasteiger partial charge in [0, 0.05) is 30.0 Å². The number of benzene rings is 2. The number of carboxylic acids is 1. The number of likely N-dealkylation sites (tertiary alicyclic amines) is 1. The zero-order chi connectivity index (χ0) is 28.5. The zero-order valence-corrected chi connectivity index (χ0v) is 24.4. The Kier molecular flexibility index (Phi) is 8.46.